The van der Waals surface area contributed by atoms with Gasteiger partial charge in [-0.25, -0.2) is 0 Å². The second kappa shape index (κ2) is 21.8. The first-order chi connectivity index (χ1) is 18.6. The van der Waals surface area contributed by atoms with Crippen molar-refractivity contribution in [2.75, 3.05) is 79.2 Å². The Hall–Kier alpha value is -0.850. The Kier molecular flexibility index (Phi) is 21.3. The molecule has 0 aromatic heterocycles. The van der Waals surface area contributed by atoms with E-state index in [2.05, 4.69) is 10.6 Å². The van der Waals surface area contributed by atoms with Gasteiger partial charge < -0.3 is 38.8 Å². The highest BCUT2D eigenvalue weighted by atomic mass is 16.6. The summed E-state index contributed by atoms with van der Waals surface area (Å²) in [6.45, 7) is 23.9. The molecule has 1 unspecified atom stereocenters. The molecule has 3 N–H and O–H groups in total. The van der Waals surface area contributed by atoms with Crippen molar-refractivity contribution in [3.63, 3.8) is 0 Å². The molecule has 0 aliphatic heterocycles. The van der Waals surface area contributed by atoms with Gasteiger partial charge in [0, 0.05) is 37.8 Å². The van der Waals surface area contributed by atoms with E-state index in [1.165, 1.54) is 0 Å². The van der Waals surface area contributed by atoms with E-state index in [0.29, 0.717) is 72.6 Å². The van der Waals surface area contributed by atoms with Crippen LogP contribution < -0.4 is 10.6 Å². The van der Waals surface area contributed by atoms with E-state index in [4.69, 9.17) is 28.4 Å². The molecule has 1 amide bonds. The topological polar surface area (TPSA) is 117 Å². The fraction of sp³-hybridized carbons (Fsp3) is 0.967. The Morgan fingerprint density at radius 1 is 0.675 bits per heavy atom. The van der Waals surface area contributed by atoms with Crippen molar-refractivity contribution in [1.29, 1.82) is 0 Å². The number of rotatable bonds is 24. The van der Waals surface area contributed by atoms with Crippen LogP contribution in [0.5, 0.6) is 0 Å². The Labute approximate surface area is 244 Å². The fourth-order valence-electron chi connectivity index (χ4n) is 3.31. The van der Waals surface area contributed by atoms with Crippen LogP contribution in [-0.4, -0.2) is 113 Å². The third-order valence-corrected chi connectivity index (χ3v) is 5.42. The van der Waals surface area contributed by atoms with Gasteiger partial charge in [0.1, 0.15) is 6.04 Å². The normalized spacial score (nSPS) is 14.3. The summed E-state index contributed by atoms with van der Waals surface area (Å²) in [4.78, 5) is 12.6. The van der Waals surface area contributed by atoms with Crippen molar-refractivity contribution >= 4 is 5.91 Å². The maximum absolute atomic E-state index is 12.6. The molecule has 240 valence electrons. The molecule has 0 aromatic carbocycles. The maximum Gasteiger partial charge on any atom is 0.239 e. The molecule has 0 aliphatic rings. The largest absolute Gasteiger partial charge is 0.396 e. The van der Waals surface area contributed by atoms with Crippen LogP contribution in [0.25, 0.3) is 0 Å². The van der Waals surface area contributed by atoms with E-state index < -0.39 is 6.04 Å². The van der Waals surface area contributed by atoms with Crippen LogP contribution in [0.3, 0.4) is 0 Å². The zero-order valence-electron chi connectivity index (χ0n) is 27.1. The van der Waals surface area contributed by atoms with Crippen molar-refractivity contribution in [2.24, 2.45) is 5.92 Å². The van der Waals surface area contributed by atoms with Gasteiger partial charge >= 0.3 is 0 Å². The van der Waals surface area contributed by atoms with Crippen LogP contribution in [0.4, 0.5) is 0 Å². The molecule has 40 heavy (non-hydrogen) atoms. The van der Waals surface area contributed by atoms with Gasteiger partial charge in [0.15, 0.2) is 0 Å². The van der Waals surface area contributed by atoms with E-state index in [1.807, 2.05) is 62.3 Å². The van der Waals surface area contributed by atoms with Gasteiger partial charge in [-0.1, -0.05) is 0 Å². The van der Waals surface area contributed by atoms with E-state index in [0.717, 1.165) is 19.3 Å². The number of aliphatic hydroxyl groups is 1. The first-order valence-electron chi connectivity index (χ1n) is 14.9. The summed E-state index contributed by atoms with van der Waals surface area (Å²) in [6.07, 6.45) is 2.46. The van der Waals surface area contributed by atoms with E-state index in [1.54, 1.807) is 0 Å². The second-order valence-electron chi connectivity index (χ2n) is 13.1. The molecule has 0 rings (SSSR count). The van der Waals surface area contributed by atoms with Crippen LogP contribution in [0, 0.1) is 5.92 Å². The number of nitrogens with one attached hydrogen (secondary N) is 2. The van der Waals surface area contributed by atoms with Crippen molar-refractivity contribution in [2.45, 2.75) is 104 Å². The van der Waals surface area contributed by atoms with Crippen LogP contribution in [0.1, 0.15) is 81.6 Å². The van der Waals surface area contributed by atoms with Crippen molar-refractivity contribution in [3.05, 3.63) is 0 Å². The average Bonchev–Trinajstić information content (AvgIpc) is 2.83. The number of amides is 1. The lowest BCUT2D eigenvalue weighted by molar-refractivity contribution is -0.127. The standard InChI is InChI=1S/C30H62N2O8/c1-28(2,3)32-26(24-40-30(7,8)9)27(34)31-13-10-11-14-35-16-18-37-20-21-38-19-17-36-15-12-25(22-33)23-39-29(4,5)6/h25-26,32-33H,10-24H2,1-9H3,(H,31,34)/t25?,26-/m0/s1. The van der Waals surface area contributed by atoms with Crippen LogP contribution in [0.15, 0.2) is 0 Å². The van der Waals surface area contributed by atoms with Crippen molar-refractivity contribution in [3.8, 4) is 0 Å². The Bertz CT molecular complexity index is 614. The quantitative estimate of drug-likeness (QED) is 0.148. The minimum atomic E-state index is -0.396. The van der Waals surface area contributed by atoms with E-state index >= 15 is 0 Å². The molecule has 2 atom stereocenters. The minimum Gasteiger partial charge on any atom is -0.396 e. The molecule has 0 saturated carbocycles. The Morgan fingerprint density at radius 3 is 1.62 bits per heavy atom. The predicted molar refractivity (Wildman–Crippen MR) is 159 cm³/mol. The van der Waals surface area contributed by atoms with Crippen molar-refractivity contribution < 1.29 is 38.3 Å². The van der Waals surface area contributed by atoms with E-state index in [9.17, 15) is 9.90 Å². The van der Waals surface area contributed by atoms with Gasteiger partial charge in [-0.2, -0.15) is 0 Å². The van der Waals surface area contributed by atoms with Gasteiger partial charge in [0.2, 0.25) is 5.91 Å². The molecular formula is C30H62N2O8. The van der Waals surface area contributed by atoms with Crippen LogP contribution >= 0.6 is 0 Å². The summed E-state index contributed by atoms with van der Waals surface area (Å²) in [5, 5.41) is 15.8. The summed E-state index contributed by atoms with van der Waals surface area (Å²) in [6, 6.07) is -0.396. The predicted octanol–water partition coefficient (Wildman–Crippen LogP) is 3.33. The summed E-state index contributed by atoms with van der Waals surface area (Å²) in [7, 11) is 0. The summed E-state index contributed by atoms with van der Waals surface area (Å²) in [5.74, 6) is 0.0449. The molecule has 0 fully saturated rings. The third kappa shape index (κ3) is 27.3. The highest BCUT2D eigenvalue weighted by molar-refractivity contribution is 5.82. The lowest BCUT2D eigenvalue weighted by Gasteiger charge is -2.30. The molecule has 0 spiro atoms. The number of carbonyl (C=O) groups excluding carboxylic acids is 1. The molecule has 0 radical (unpaired) electrons. The molecule has 0 saturated heterocycles. The number of unbranched alkanes of at least 4 members (excludes halogenated alkanes) is 1. The number of carbonyl (C=O) groups is 1. The zero-order chi connectivity index (χ0) is 30.5. The lowest BCUT2D eigenvalue weighted by Crippen LogP contribution is -2.54. The molecular weight excluding hydrogens is 516 g/mol. The SMILES string of the molecule is CC(C)(C)N[C@@H](COC(C)(C)C)C(=O)NCCCCOCCOCCOCCOCCC(CO)COC(C)(C)C. The highest BCUT2D eigenvalue weighted by Gasteiger charge is 2.25. The van der Waals surface area contributed by atoms with Crippen LogP contribution in [0.2, 0.25) is 0 Å². The van der Waals surface area contributed by atoms with Gasteiger partial charge in [-0.05, 0) is 81.6 Å². The number of hydrogen-bond acceptors (Lipinski definition) is 9. The molecule has 0 aromatic rings. The van der Waals surface area contributed by atoms with Gasteiger partial charge in [-0.3, -0.25) is 10.1 Å². The van der Waals surface area contributed by atoms with Gasteiger partial charge in [0.05, 0.1) is 64.1 Å². The Balaban J connectivity index is 3.63. The molecule has 0 bridgehead atoms. The summed E-state index contributed by atoms with van der Waals surface area (Å²) in [5.41, 5.74) is -0.684. The highest BCUT2D eigenvalue weighted by Crippen LogP contribution is 2.12. The van der Waals surface area contributed by atoms with E-state index in [-0.39, 0.29) is 35.2 Å². The number of aliphatic hydroxyl groups excluding tert-OH is 1. The van der Waals surface area contributed by atoms with Gasteiger partial charge in [0.25, 0.3) is 0 Å². The van der Waals surface area contributed by atoms with Gasteiger partial charge in [-0.15, -0.1) is 0 Å². The van der Waals surface area contributed by atoms with Crippen molar-refractivity contribution in [1.82, 2.24) is 10.6 Å². The lowest BCUT2D eigenvalue weighted by atomic mass is 10.1. The first kappa shape index (κ1) is 39.1. The van der Waals surface area contributed by atoms with Crippen LogP contribution in [-0.2, 0) is 33.2 Å². The second-order valence-corrected chi connectivity index (χ2v) is 13.1. The minimum absolute atomic E-state index is 0.0423. The maximum atomic E-state index is 12.6. The summed E-state index contributed by atoms with van der Waals surface area (Å²) < 4.78 is 33.8. The number of ether oxygens (including phenoxy) is 6. The molecule has 10 heteroatoms. The Morgan fingerprint density at radius 2 is 1.15 bits per heavy atom. The zero-order valence-corrected chi connectivity index (χ0v) is 27.1. The monoisotopic (exact) mass is 578 g/mol. The first-order valence-corrected chi connectivity index (χ1v) is 14.9. The smallest absolute Gasteiger partial charge is 0.239 e. The molecule has 0 heterocycles. The number of hydrogen-bond donors (Lipinski definition) is 3. The summed E-state index contributed by atoms with van der Waals surface area (Å²) >= 11 is 0. The fourth-order valence-corrected chi connectivity index (χ4v) is 3.31. The average molecular weight is 579 g/mol. The third-order valence-electron chi connectivity index (χ3n) is 5.42. The molecule has 10 nitrogen and oxygen atoms in total. The molecule has 0 aliphatic carbocycles.